The molecule has 2 heterocycles. The number of ether oxygens (including phenoxy) is 1. The largest absolute Gasteiger partial charge is 0.497 e. The second-order valence-electron chi connectivity index (χ2n) is 7.88. The molecule has 0 aliphatic heterocycles. The van der Waals surface area contributed by atoms with Crippen LogP contribution in [0.15, 0.2) is 60.9 Å². The molecule has 0 spiro atoms. The van der Waals surface area contributed by atoms with Crippen molar-refractivity contribution in [1.29, 1.82) is 0 Å². The number of nitrogens with one attached hydrogen (secondary N) is 3. The molecule has 31 heavy (non-hydrogen) atoms. The smallest absolute Gasteiger partial charge is 0.120 e. The molecule has 5 rings (SSSR count). The third kappa shape index (κ3) is 3.94. The molecule has 158 valence electrons. The Morgan fingerprint density at radius 2 is 1.97 bits per heavy atom. The van der Waals surface area contributed by atoms with Gasteiger partial charge in [-0.15, -0.1) is 0 Å². The third-order valence-corrected chi connectivity index (χ3v) is 5.93. The zero-order chi connectivity index (χ0) is 21.2. The lowest BCUT2D eigenvalue weighted by atomic mass is 10.1. The molecular weight excluding hydrogens is 388 g/mol. The van der Waals surface area contributed by atoms with Crippen LogP contribution in [0, 0.1) is 0 Å². The van der Waals surface area contributed by atoms with Gasteiger partial charge >= 0.3 is 0 Å². The van der Waals surface area contributed by atoms with Crippen molar-refractivity contribution in [2.45, 2.75) is 25.4 Å². The number of pyridine rings is 1. The second kappa shape index (κ2) is 8.32. The zero-order valence-corrected chi connectivity index (χ0v) is 17.5. The molecule has 0 saturated heterocycles. The van der Waals surface area contributed by atoms with Gasteiger partial charge in [-0.1, -0.05) is 0 Å². The lowest BCUT2D eigenvalue weighted by Crippen LogP contribution is -2.04. The van der Waals surface area contributed by atoms with Gasteiger partial charge in [-0.2, -0.15) is 0 Å². The van der Waals surface area contributed by atoms with Crippen molar-refractivity contribution in [3.8, 4) is 5.75 Å². The molecule has 0 radical (unpaired) electrons. The van der Waals surface area contributed by atoms with Crippen LogP contribution in [0.3, 0.4) is 0 Å². The monoisotopic (exact) mass is 414 g/mol. The Hall–Kier alpha value is -3.51. The van der Waals surface area contributed by atoms with Crippen LogP contribution in [-0.4, -0.2) is 28.7 Å². The van der Waals surface area contributed by atoms with Crippen LogP contribution in [0.4, 0.5) is 17.1 Å². The van der Waals surface area contributed by atoms with Gasteiger partial charge in [-0.05, 0) is 72.9 Å². The minimum Gasteiger partial charge on any atom is -0.497 e. The first kappa shape index (κ1) is 19.5. The molecule has 0 saturated carbocycles. The molecule has 0 fully saturated rings. The molecule has 4 aromatic rings. The number of aliphatic hydroxyl groups is 1. The first-order valence-corrected chi connectivity index (χ1v) is 10.6. The maximum absolute atomic E-state index is 10.0. The lowest BCUT2D eigenvalue weighted by molar-refractivity contribution is 0.176. The number of rotatable bonds is 7. The van der Waals surface area contributed by atoms with Crippen LogP contribution < -0.4 is 15.4 Å². The number of methoxy groups -OCH3 is 1. The van der Waals surface area contributed by atoms with Crippen LogP contribution in [0.5, 0.6) is 5.75 Å². The summed E-state index contributed by atoms with van der Waals surface area (Å²) < 4.78 is 5.29. The Labute approximate surface area is 181 Å². The average molecular weight is 415 g/mol. The fourth-order valence-electron chi connectivity index (χ4n) is 4.26. The van der Waals surface area contributed by atoms with E-state index in [0.717, 1.165) is 65.4 Å². The summed E-state index contributed by atoms with van der Waals surface area (Å²) >= 11 is 0. The molecular formula is C25H26N4O2. The number of aromatic nitrogens is 2. The van der Waals surface area contributed by atoms with E-state index < -0.39 is 6.10 Å². The van der Waals surface area contributed by atoms with Gasteiger partial charge in [0.1, 0.15) is 5.75 Å². The van der Waals surface area contributed by atoms with E-state index >= 15 is 0 Å². The molecule has 2 aromatic carbocycles. The van der Waals surface area contributed by atoms with Crippen LogP contribution >= 0.6 is 0 Å². The normalized spacial score (nSPS) is 15.1. The minimum absolute atomic E-state index is 0.442. The summed E-state index contributed by atoms with van der Waals surface area (Å²) in [6.07, 6.45) is 5.91. The summed E-state index contributed by atoms with van der Waals surface area (Å²) in [5, 5.41) is 18.2. The van der Waals surface area contributed by atoms with E-state index in [1.807, 2.05) is 18.2 Å². The number of H-pyrrole nitrogens is 1. The molecule has 2 aromatic heterocycles. The van der Waals surface area contributed by atoms with Crippen molar-refractivity contribution in [1.82, 2.24) is 9.97 Å². The summed E-state index contributed by atoms with van der Waals surface area (Å²) in [5.74, 6) is 0.862. The summed E-state index contributed by atoms with van der Waals surface area (Å²) in [7, 11) is 1.68. The first-order chi connectivity index (χ1) is 15.2. The lowest BCUT2D eigenvalue weighted by Gasteiger charge is -2.12. The highest BCUT2D eigenvalue weighted by Crippen LogP contribution is 2.35. The average Bonchev–Trinajstić information content (AvgIpc) is 3.39. The van der Waals surface area contributed by atoms with Crippen molar-refractivity contribution >= 4 is 28.0 Å². The van der Waals surface area contributed by atoms with E-state index in [2.05, 4.69) is 57.1 Å². The van der Waals surface area contributed by atoms with Gasteiger partial charge in [0.2, 0.25) is 0 Å². The maximum Gasteiger partial charge on any atom is 0.120 e. The summed E-state index contributed by atoms with van der Waals surface area (Å²) in [5.41, 5.74) is 7.44. The van der Waals surface area contributed by atoms with Gasteiger partial charge < -0.3 is 25.5 Å². The predicted octanol–water partition coefficient (Wildman–Crippen LogP) is 4.95. The Balaban J connectivity index is 1.20. The van der Waals surface area contributed by atoms with Crippen molar-refractivity contribution in [3.63, 3.8) is 0 Å². The fraction of sp³-hybridized carbons (Fsp3) is 0.240. The van der Waals surface area contributed by atoms with Crippen molar-refractivity contribution in [2.24, 2.45) is 0 Å². The van der Waals surface area contributed by atoms with Crippen molar-refractivity contribution in [3.05, 3.63) is 77.7 Å². The first-order valence-electron chi connectivity index (χ1n) is 10.6. The molecule has 6 heteroatoms. The standard InChI is InChI=1S/C25H26N4O2/c1-31-19-6-7-20-16(15-28-23(20)14-19)10-12-26-17-2-4-18(5-3-17)29-22-11-13-27-25-21(22)8-9-24(25)30/h2-7,11,13-15,24,26,28,30H,8-10,12H2,1H3,(H,27,29). The van der Waals surface area contributed by atoms with Crippen LogP contribution in [0.25, 0.3) is 10.9 Å². The molecule has 0 bridgehead atoms. The van der Waals surface area contributed by atoms with Gasteiger partial charge in [-0.25, -0.2) is 0 Å². The Bertz CT molecular complexity index is 1200. The minimum atomic E-state index is -0.442. The number of hydrogen-bond donors (Lipinski definition) is 4. The fourth-order valence-corrected chi connectivity index (χ4v) is 4.26. The highest BCUT2D eigenvalue weighted by molar-refractivity contribution is 5.84. The SMILES string of the molecule is COc1ccc2c(CCNc3ccc(Nc4ccnc5c4CCC5O)cc3)c[nH]c2c1. The molecule has 1 aliphatic rings. The molecule has 6 nitrogen and oxygen atoms in total. The number of fused-ring (bicyclic) bond motifs is 2. The Kier molecular flexibility index (Phi) is 5.22. The van der Waals surface area contributed by atoms with Gasteiger partial charge in [0.25, 0.3) is 0 Å². The number of benzene rings is 2. The number of aromatic amines is 1. The van der Waals surface area contributed by atoms with E-state index in [1.54, 1.807) is 13.3 Å². The predicted molar refractivity (Wildman–Crippen MR) is 124 cm³/mol. The number of anilines is 3. The molecule has 0 amide bonds. The Morgan fingerprint density at radius 1 is 1.13 bits per heavy atom. The van der Waals surface area contributed by atoms with E-state index in [-0.39, 0.29) is 0 Å². The summed E-state index contributed by atoms with van der Waals surface area (Å²) in [4.78, 5) is 7.66. The maximum atomic E-state index is 10.0. The van der Waals surface area contributed by atoms with Gasteiger partial charge in [0.05, 0.1) is 18.9 Å². The Morgan fingerprint density at radius 3 is 2.81 bits per heavy atom. The topological polar surface area (TPSA) is 82.2 Å². The quantitative estimate of drug-likeness (QED) is 0.344. The number of hydrogen-bond acceptors (Lipinski definition) is 5. The summed E-state index contributed by atoms with van der Waals surface area (Å²) in [6.45, 7) is 0.849. The molecule has 4 N–H and O–H groups in total. The molecule has 1 unspecified atom stereocenters. The number of nitrogens with zero attached hydrogens (tertiary/aromatic N) is 1. The highest BCUT2D eigenvalue weighted by Gasteiger charge is 2.24. The van der Waals surface area contributed by atoms with Gasteiger partial charge in [0.15, 0.2) is 0 Å². The summed E-state index contributed by atoms with van der Waals surface area (Å²) in [6, 6.07) is 16.4. The molecule has 1 aliphatic carbocycles. The van der Waals surface area contributed by atoms with Crippen LogP contribution in [-0.2, 0) is 12.8 Å². The van der Waals surface area contributed by atoms with Gasteiger partial charge in [-0.3, -0.25) is 4.98 Å². The van der Waals surface area contributed by atoms with E-state index in [9.17, 15) is 5.11 Å². The third-order valence-electron chi connectivity index (χ3n) is 5.93. The van der Waals surface area contributed by atoms with Crippen molar-refractivity contribution < 1.29 is 9.84 Å². The zero-order valence-electron chi connectivity index (χ0n) is 17.5. The highest BCUT2D eigenvalue weighted by atomic mass is 16.5. The molecule has 1 atom stereocenters. The van der Waals surface area contributed by atoms with Gasteiger partial charge in [0, 0.05) is 53.0 Å². The van der Waals surface area contributed by atoms with E-state index in [0.29, 0.717) is 0 Å². The van der Waals surface area contributed by atoms with Crippen LogP contribution in [0.1, 0.15) is 29.3 Å². The van der Waals surface area contributed by atoms with E-state index in [4.69, 9.17) is 4.74 Å². The number of aliphatic hydroxyl groups excluding tert-OH is 1. The van der Waals surface area contributed by atoms with Crippen LogP contribution in [0.2, 0.25) is 0 Å². The second-order valence-corrected chi connectivity index (χ2v) is 7.88. The van der Waals surface area contributed by atoms with Crippen molar-refractivity contribution in [2.75, 3.05) is 24.3 Å². The van der Waals surface area contributed by atoms with E-state index in [1.165, 1.54) is 10.9 Å².